The predicted octanol–water partition coefficient (Wildman–Crippen LogP) is 3.03. The first-order valence-electron chi connectivity index (χ1n) is 5.42. The van der Waals surface area contributed by atoms with Gasteiger partial charge in [0.25, 0.3) is 0 Å². The molecule has 0 saturated heterocycles. The van der Waals surface area contributed by atoms with E-state index in [4.69, 9.17) is 4.74 Å². The van der Waals surface area contributed by atoms with Gasteiger partial charge < -0.3 is 9.72 Å². The van der Waals surface area contributed by atoms with Crippen molar-refractivity contribution in [1.82, 2.24) is 9.97 Å². The van der Waals surface area contributed by atoms with Gasteiger partial charge in [0.1, 0.15) is 5.75 Å². The van der Waals surface area contributed by atoms with E-state index in [2.05, 4.69) is 9.97 Å². The normalized spacial score (nSPS) is 14.4. The lowest BCUT2D eigenvalue weighted by atomic mass is 10.1. The number of benzene rings is 1. The lowest BCUT2D eigenvalue weighted by Crippen LogP contribution is -2.07. The Balaban J connectivity index is 1.98. The molecule has 0 radical (unpaired) electrons. The van der Waals surface area contributed by atoms with Crippen molar-refractivity contribution in [3.8, 4) is 17.0 Å². The second-order valence-electron chi connectivity index (χ2n) is 4.06. The number of halogens is 3. The summed E-state index contributed by atoms with van der Waals surface area (Å²) >= 11 is 0. The minimum Gasteiger partial charge on any atom is -0.493 e. The lowest BCUT2D eigenvalue weighted by molar-refractivity contribution is -0.144. The van der Waals surface area contributed by atoms with Gasteiger partial charge in [0.15, 0.2) is 0 Å². The fourth-order valence-electron chi connectivity index (χ4n) is 1.97. The van der Waals surface area contributed by atoms with Crippen LogP contribution in [0.4, 0.5) is 13.2 Å². The van der Waals surface area contributed by atoms with Gasteiger partial charge >= 0.3 is 6.18 Å². The van der Waals surface area contributed by atoms with Crippen LogP contribution in [0.2, 0.25) is 0 Å². The molecule has 0 fully saturated rings. The van der Waals surface area contributed by atoms with Crippen LogP contribution in [0.1, 0.15) is 11.4 Å². The number of nitrogens with one attached hydrogen (secondary N) is 1. The minimum absolute atomic E-state index is 0.358. The average molecular weight is 254 g/mol. The van der Waals surface area contributed by atoms with Crippen LogP contribution in [-0.4, -0.2) is 16.6 Å². The van der Waals surface area contributed by atoms with Crippen LogP contribution in [-0.2, 0) is 12.6 Å². The van der Waals surface area contributed by atoms with Gasteiger partial charge in [-0.05, 0) is 23.8 Å². The molecule has 0 spiro atoms. The summed E-state index contributed by atoms with van der Waals surface area (Å²) in [6.07, 6.45) is -2.47. The number of aromatic nitrogens is 2. The van der Waals surface area contributed by atoms with Gasteiger partial charge in [0.05, 0.1) is 18.5 Å². The molecule has 0 amide bonds. The standard InChI is InChI=1S/C12H9F3N2O/c13-12(14,15)11-16-6-9(17-11)7-1-2-10-8(5-7)3-4-18-10/h1-2,5-6H,3-4H2,(H,16,17). The van der Waals surface area contributed by atoms with Crippen LogP contribution >= 0.6 is 0 Å². The number of aromatic amines is 1. The molecule has 0 aliphatic carbocycles. The van der Waals surface area contributed by atoms with Crippen molar-refractivity contribution in [2.24, 2.45) is 0 Å². The third-order valence-electron chi connectivity index (χ3n) is 2.84. The van der Waals surface area contributed by atoms with Gasteiger partial charge in [-0.25, -0.2) is 4.98 Å². The zero-order valence-corrected chi connectivity index (χ0v) is 9.21. The topological polar surface area (TPSA) is 37.9 Å². The summed E-state index contributed by atoms with van der Waals surface area (Å²) in [5.74, 6) is -0.177. The molecule has 94 valence electrons. The van der Waals surface area contributed by atoms with Crippen molar-refractivity contribution < 1.29 is 17.9 Å². The third kappa shape index (κ3) is 1.83. The number of fused-ring (bicyclic) bond motifs is 1. The molecule has 1 aromatic heterocycles. The van der Waals surface area contributed by atoms with Crippen LogP contribution in [0.5, 0.6) is 5.75 Å². The number of hydrogen-bond acceptors (Lipinski definition) is 2. The molecule has 1 aromatic carbocycles. The molecule has 2 heterocycles. The second kappa shape index (κ2) is 3.76. The van der Waals surface area contributed by atoms with E-state index >= 15 is 0 Å². The quantitative estimate of drug-likeness (QED) is 0.849. The highest BCUT2D eigenvalue weighted by molar-refractivity contribution is 5.62. The lowest BCUT2D eigenvalue weighted by Gasteiger charge is -2.03. The summed E-state index contributed by atoms with van der Waals surface area (Å²) in [7, 11) is 0. The largest absolute Gasteiger partial charge is 0.493 e. The van der Waals surface area contributed by atoms with E-state index < -0.39 is 12.0 Å². The Kier molecular flexibility index (Phi) is 2.33. The van der Waals surface area contributed by atoms with E-state index in [1.807, 2.05) is 6.07 Å². The van der Waals surface area contributed by atoms with Crippen LogP contribution < -0.4 is 4.74 Å². The summed E-state index contributed by atoms with van der Waals surface area (Å²) in [5.41, 5.74) is 2.05. The maximum Gasteiger partial charge on any atom is 0.449 e. The highest BCUT2D eigenvalue weighted by Gasteiger charge is 2.34. The van der Waals surface area contributed by atoms with Crippen LogP contribution in [0.3, 0.4) is 0 Å². The Labute approximate surface area is 101 Å². The van der Waals surface area contributed by atoms with Crippen molar-refractivity contribution in [3.05, 3.63) is 35.8 Å². The Morgan fingerprint density at radius 1 is 1.28 bits per heavy atom. The Bertz CT molecular complexity index is 589. The Morgan fingerprint density at radius 2 is 2.11 bits per heavy atom. The minimum atomic E-state index is -4.45. The Morgan fingerprint density at radius 3 is 2.83 bits per heavy atom. The molecule has 18 heavy (non-hydrogen) atoms. The maximum atomic E-state index is 12.4. The van der Waals surface area contributed by atoms with Crippen molar-refractivity contribution in [2.45, 2.75) is 12.6 Å². The first kappa shape index (κ1) is 11.1. The van der Waals surface area contributed by atoms with E-state index in [0.717, 1.165) is 17.7 Å². The number of ether oxygens (including phenoxy) is 1. The zero-order valence-electron chi connectivity index (χ0n) is 9.21. The molecule has 2 aromatic rings. The first-order chi connectivity index (χ1) is 8.54. The number of alkyl halides is 3. The summed E-state index contributed by atoms with van der Waals surface area (Å²) < 4.78 is 42.6. The third-order valence-corrected chi connectivity index (χ3v) is 2.84. The summed E-state index contributed by atoms with van der Waals surface area (Å²) in [6, 6.07) is 5.32. The number of rotatable bonds is 1. The fraction of sp³-hybridized carbons (Fsp3) is 0.250. The second-order valence-corrected chi connectivity index (χ2v) is 4.06. The number of H-pyrrole nitrogens is 1. The molecule has 3 nitrogen and oxygen atoms in total. The van der Waals surface area contributed by atoms with Gasteiger partial charge in [-0.1, -0.05) is 0 Å². The monoisotopic (exact) mass is 254 g/mol. The summed E-state index contributed by atoms with van der Waals surface area (Å²) in [6.45, 7) is 0.621. The fourth-order valence-corrected chi connectivity index (χ4v) is 1.97. The molecular formula is C12H9F3N2O. The molecule has 0 saturated carbocycles. The van der Waals surface area contributed by atoms with Crippen molar-refractivity contribution in [1.29, 1.82) is 0 Å². The van der Waals surface area contributed by atoms with Crippen molar-refractivity contribution >= 4 is 0 Å². The highest BCUT2D eigenvalue weighted by atomic mass is 19.4. The van der Waals surface area contributed by atoms with Gasteiger partial charge in [-0.15, -0.1) is 0 Å². The maximum absolute atomic E-state index is 12.4. The molecule has 1 aliphatic heterocycles. The van der Waals surface area contributed by atoms with E-state index in [9.17, 15) is 13.2 Å². The number of imidazole rings is 1. The zero-order chi connectivity index (χ0) is 12.8. The predicted molar refractivity (Wildman–Crippen MR) is 58.2 cm³/mol. The van der Waals surface area contributed by atoms with Crippen molar-refractivity contribution in [3.63, 3.8) is 0 Å². The molecule has 1 N–H and O–H groups in total. The number of hydrogen-bond donors (Lipinski definition) is 1. The van der Waals surface area contributed by atoms with Gasteiger partial charge in [-0.2, -0.15) is 13.2 Å². The van der Waals surface area contributed by atoms with E-state index in [1.165, 1.54) is 6.20 Å². The molecule has 3 rings (SSSR count). The van der Waals surface area contributed by atoms with E-state index in [-0.39, 0.29) is 0 Å². The van der Waals surface area contributed by atoms with Crippen molar-refractivity contribution in [2.75, 3.05) is 6.61 Å². The smallest absolute Gasteiger partial charge is 0.449 e. The van der Waals surface area contributed by atoms with Gasteiger partial charge in [0, 0.05) is 12.0 Å². The SMILES string of the molecule is FC(F)(F)c1ncc(-c2ccc3c(c2)CCO3)[nH]1. The summed E-state index contributed by atoms with van der Waals surface area (Å²) in [5, 5.41) is 0. The molecule has 0 bridgehead atoms. The molecule has 0 atom stereocenters. The van der Waals surface area contributed by atoms with E-state index in [0.29, 0.717) is 17.9 Å². The molecule has 1 aliphatic rings. The molecule has 0 unspecified atom stereocenters. The number of nitrogens with zero attached hydrogens (tertiary/aromatic N) is 1. The summed E-state index contributed by atoms with van der Waals surface area (Å²) in [4.78, 5) is 5.63. The molecular weight excluding hydrogens is 245 g/mol. The van der Waals surface area contributed by atoms with Gasteiger partial charge in [0.2, 0.25) is 5.82 Å². The van der Waals surface area contributed by atoms with Gasteiger partial charge in [-0.3, -0.25) is 0 Å². The first-order valence-corrected chi connectivity index (χ1v) is 5.42. The average Bonchev–Trinajstić information content (AvgIpc) is 2.96. The Hall–Kier alpha value is -1.98. The molecule has 6 heteroatoms. The highest BCUT2D eigenvalue weighted by Crippen LogP contribution is 2.32. The van der Waals surface area contributed by atoms with Crippen LogP contribution in [0.25, 0.3) is 11.3 Å². The van der Waals surface area contributed by atoms with Crippen LogP contribution in [0, 0.1) is 0 Å². The van der Waals surface area contributed by atoms with Crippen LogP contribution in [0.15, 0.2) is 24.4 Å². The van der Waals surface area contributed by atoms with E-state index in [1.54, 1.807) is 12.1 Å².